The van der Waals surface area contributed by atoms with Gasteiger partial charge in [0.25, 0.3) is 0 Å². The number of hydrogen-bond donors (Lipinski definition) is 1. The highest BCUT2D eigenvalue weighted by molar-refractivity contribution is 6.32. The SMILES string of the molecule is COc1cc(-n2nc(C(=O)O)c(=O)cc2C)c(OC)cc1Cl. The maximum absolute atomic E-state index is 11.7. The van der Waals surface area contributed by atoms with Crippen LogP contribution in [-0.2, 0) is 0 Å². The number of hydrogen-bond acceptors (Lipinski definition) is 5. The minimum Gasteiger partial charge on any atom is -0.495 e. The van der Waals surface area contributed by atoms with E-state index in [4.69, 9.17) is 26.2 Å². The van der Waals surface area contributed by atoms with Gasteiger partial charge in [0.2, 0.25) is 11.1 Å². The van der Waals surface area contributed by atoms with Crippen LogP contribution in [-0.4, -0.2) is 35.1 Å². The Hall–Kier alpha value is -2.54. The Labute approximate surface area is 130 Å². The highest BCUT2D eigenvalue weighted by atomic mass is 35.5. The zero-order valence-corrected chi connectivity index (χ0v) is 12.8. The summed E-state index contributed by atoms with van der Waals surface area (Å²) in [4.78, 5) is 22.8. The van der Waals surface area contributed by atoms with Gasteiger partial charge in [0.1, 0.15) is 17.2 Å². The normalized spacial score (nSPS) is 10.4. The van der Waals surface area contributed by atoms with Crippen LogP contribution in [0.15, 0.2) is 23.0 Å². The van der Waals surface area contributed by atoms with Gasteiger partial charge in [-0.05, 0) is 6.92 Å². The van der Waals surface area contributed by atoms with Crippen molar-refractivity contribution in [1.29, 1.82) is 0 Å². The van der Waals surface area contributed by atoms with E-state index < -0.39 is 17.1 Å². The van der Waals surface area contributed by atoms with Crippen LogP contribution >= 0.6 is 11.6 Å². The standard InChI is InChI=1S/C14H13ClN2O5/c1-7-4-10(18)13(14(19)20)16-17(7)9-6-11(21-2)8(15)5-12(9)22-3/h4-6H,1-3H3,(H,19,20). The molecule has 7 nitrogen and oxygen atoms in total. The molecule has 0 saturated carbocycles. The molecular formula is C14H13ClN2O5. The third-order valence-corrected chi connectivity index (χ3v) is 3.29. The Kier molecular flexibility index (Phi) is 4.37. The highest BCUT2D eigenvalue weighted by Crippen LogP contribution is 2.34. The maximum atomic E-state index is 11.7. The van der Waals surface area contributed by atoms with Crippen LogP contribution in [0.1, 0.15) is 16.2 Å². The summed E-state index contributed by atoms with van der Waals surface area (Å²) >= 11 is 6.04. The zero-order valence-electron chi connectivity index (χ0n) is 12.1. The van der Waals surface area contributed by atoms with Gasteiger partial charge >= 0.3 is 5.97 Å². The molecule has 0 unspecified atom stereocenters. The molecule has 0 aliphatic carbocycles. The summed E-state index contributed by atoms with van der Waals surface area (Å²) in [5.41, 5.74) is -0.399. The molecule has 1 heterocycles. The summed E-state index contributed by atoms with van der Waals surface area (Å²) in [6.45, 7) is 1.63. The lowest BCUT2D eigenvalue weighted by Gasteiger charge is -2.15. The monoisotopic (exact) mass is 324 g/mol. The van der Waals surface area contributed by atoms with Gasteiger partial charge in [0.15, 0.2) is 0 Å². The average molecular weight is 325 g/mol. The molecule has 0 saturated heterocycles. The van der Waals surface area contributed by atoms with E-state index in [9.17, 15) is 9.59 Å². The Balaban J connectivity index is 2.78. The lowest BCUT2D eigenvalue weighted by molar-refractivity contribution is 0.0686. The highest BCUT2D eigenvalue weighted by Gasteiger charge is 2.17. The van der Waals surface area contributed by atoms with E-state index in [1.54, 1.807) is 13.0 Å². The molecule has 1 aromatic carbocycles. The van der Waals surface area contributed by atoms with Crippen molar-refractivity contribution in [3.8, 4) is 17.2 Å². The number of carbonyl (C=O) groups is 1. The molecule has 1 N–H and O–H groups in total. The third kappa shape index (κ3) is 2.75. The molecule has 0 atom stereocenters. The summed E-state index contributed by atoms with van der Waals surface area (Å²) in [6, 6.07) is 4.27. The van der Waals surface area contributed by atoms with Crippen LogP contribution in [0.2, 0.25) is 5.02 Å². The molecule has 0 bridgehead atoms. The van der Waals surface area contributed by atoms with E-state index in [2.05, 4.69) is 5.10 Å². The van der Waals surface area contributed by atoms with Crippen LogP contribution in [0.5, 0.6) is 11.5 Å². The van der Waals surface area contributed by atoms with E-state index in [1.807, 2.05) is 0 Å². The van der Waals surface area contributed by atoms with E-state index in [0.29, 0.717) is 27.9 Å². The minimum atomic E-state index is -1.40. The molecule has 0 amide bonds. The van der Waals surface area contributed by atoms with Crippen molar-refractivity contribution >= 4 is 17.6 Å². The number of carboxylic acid groups (broad SMARTS) is 1. The van der Waals surface area contributed by atoms with Gasteiger partial charge < -0.3 is 14.6 Å². The van der Waals surface area contributed by atoms with Crippen LogP contribution in [0, 0.1) is 6.92 Å². The summed E-state index contributed by atoms with van der Waals surface area (Å²) in [5.74, 6) is -0.672. The first-order valence-corrected chi connectivity index (χ1v) is 6.53. The number of carboxylic acids is 1. The fourth-order valence-corrected chi connectivity index (χ4v) is 2.18. The van der Waals surface area contributed by atoms with Gasteiger partial charge in [0.05, 0.1) is 19.2 Å². The molecule has 1 aromatic heterocycles. The molecule has 0 aliphatic heterocycles. The van der Waals surface area contributed by atoms with Crippen molar-refractivity contribution in [3.05, 3.63) is 44.8 Å². The predicted molar refractivity (Wildman–Crippen MR) is 79.6 cm³/mol. The second-order valence-electron chi connectivity index (χ2n) is 4.37. The smallest absolute Gasteiger partial charge is 0.360 e. The number of aromatic nitrogens is 2. The molecule has 22 heavy (non-hydrogen) atoms. The van der Waals surface area contributed by atoms with Crippen LogP contribution < -0.4 is 14.9 Å². The average Bonchev–Trinajstić information content (AvgIpc) is 2.47. The van der Waals surface area contributed by atoms with Crippen LogP contribution in [0.4, 0.5) is 0 Å². The molecule has 0 radical (unpaired) electrons. The van der Waals surface area contributed by atoms with Crippen molar-refractivity contribution < 1.29 is 19.4 Å². The van der Waals surface area contributed by atoms with E-state index in [-0.39, 0.29) is 0 Å². The van der Waals surface area contributed by atoms with Crippen LogP contribution in [0.3, 0.4) is 0 Å². The maximum Gasteiger partial charge on any atom is 0.360 e. The molecule has 0 spiro atoms. The largest absolute Gasteiger partial charge is 0.495 e. The number of benzene rings is 1. The Bertz CT molecular complexity index is 801. The Morgan fingerprint density at radius 1 is 1.23 bits per heavy atom. The summed E-state index contributed by atoms with van der Waals surface area (Å²) in [7, 11) is 2.89. The quantitative estimate of drug-likeness (QED) is 0.923. The molecule has 0 aliphatic rings. The summed E-state index contributed by atoms with van der Waals surface area (Å²) in [5, 5.41) is 13.3. The Morgan fingerprint density at radius 3 is 2.41 bits per heavy atom. The number of rotatable bonds is 4. The molecule has 0 fully saturated rings. The summed E-state index contributed by atoms with van der Waals surface area (Å²) < 4.78 is 11.7. The molecule has 116 valence electrons. The van der Waals surface area contributed by atoms with Gasteiger partial charge in [-0.15, -0.1) is 0 Å². The number of halogens is 1. The molecule has 8 heteroatoms. The van der Waals surface area contributed by atoms with Crippen molar-refractivity contribution in [3.63, 3.8) is 0 Å². The topological polar surface area (TPSA) is 90.7 Å². The van der Waals surface area contributed by atoms with E-state index >= 15 is 0 Å². The van der Waals surface area contributed by atoms with Crippen molar-refractivity contribution in [2.75, 3.05) is 14.2 Å². The number of nitrogens with zero attached hydrogens (tertiary/aromatic N) is 2. The second-order valence-corrected chi connectivity index (χ2v) is 4.78. The molecule has 2 rings (SSSR count). The van der Waals surface area contributed by atoms with E-state index in [0.717, 1.165) is 0 Å². The van der Waals surface area contributed by atoms with Gasteiger partial charge in [-0.3, -0.25) is 4.79 Å². The molecule has 2 aromatic rings. The first-order valence-electron chi connectivity index (χ1n) is 6.15. The lowest BCUT2D eigenvalue weighted by atomic mass is 10.2. The van der Waals surface area contributed by atoms with Gasteiger partial charge in [0, 0.05) is 23.9 Å². The number of aromatic carboxylic acids is 1. The van der Waals surface area contributed by atoms with E-state index in [1.165, 1.54) is 31.0 Å². The third-order valence-electron chi connectivity index (χ3n) is 2.99. The first kappa shape index (κ1) is 15.8. The number of aryl methyl sites for hydroxylation is 1. The fraction of sp³-hybridized carbons (Fsp3) is 0.214. The van der Waals surface area contributed by atoms with Gasteiger partial charge in [-0.2, -0.15) is 5.10 Å². The minimum absolute atomic E-state index is 0.334. The fourth-order valence-electron chi connectivity index (χ4n) is 1.95. The first-order chi connectivity index (χ1) is 10.4. The predicted octanol–water partition coefficient (Wildman–Crippen LogP) is 1.91. The van der Waals surface area contributed by atoms with Crippen molar-refractivity contribution in [1.82, 2.24) is 9.78 Å². The van der Waals surface area contributed by atoms with Gasteiger partial charge in [-0.25, -0.2) is 9.48 Å². The zero-order chi connectivity index (χ0) is 16.4. The Morgan fingerprint density at radius 2 is 1.86 bits per heavy atom. The van der Waals surface area contributed by atoms with Crippen molar-refractivity contribution in [2.24, 2.45) is 0 Å². The van der Waals surface area contributed by atoms with Gasteiger partial charge in [-0.1, -0.05) is 11.6 Å². The lowest BCUT2D eigenvalue weighted by Crippen LogP contribution is -2.22. The van der Waals surface area contributed by atoms with Crippen molar-refractivity contribution in [2.45, 2.75) is 6.92 Å². The number of methoxy groups -OCH3 is 2. The van der Waals surface area contributed by atoms with Crippen LogP contribution in [0.25, 0.3) is 5.69 Å². The molecular weight excluding hydrogens is 312 g/mol. The second kappa shape index (κ2) is 6.07. The number of ether oxygens (including phenoxy) is 2. The summed E-state index contributed by atoms with van der Waals surface area (Å²) in [6.07, 6.45) is 0.